The number of hydrogen-bond donors (Lipinski definition) is 0. The van der Waals surface area contributed by atoms with Crippen LogP contribution in [0.2, 0.25) is 0 Å². The molecule has 2 aromatic heterocycles. The summed E-state index contributed by atoms with van der Waals surface area (Å²) in [4.78, 5) is 27.0. The van der Waals surface area contributed by atoms with E-state index in [2.05, 4.69) is 10.2 Å². The molecule has 0 unspecified atom stereocenters. The molecule has 6 nitrogen and oxygen atoms in total. The van der Waals surface area contributed by atoms with E-state index in [-0.39, 0.29) is 11.1 Å². The maximum Gasteiger partial charge on any atom is 0.285 e. The van der Waals surface area contributed by atoms with E-state index >= 15 is 0 Å². The van der Waals surface area contributed by atoms with E-state index in [1.54, 1.807) is 24.5 Å². The van der Waals surface area contributed by atoms with Gasteiger partial charge in [-0.3, -0.25) is 9.59 Å². The van der Waals surface area contributed by atoms with Gasteiger partial charge in [-0.15, -0.1) is 0 Å². The van der Waals surface area contributed by atoms with Gasteiger partial charge in [-0.1, -0.05) is 36.4 Å². The third-order valence-corrected chi connectivity index (χ3v) is 6.37. The minimum absolute atomic E-state index is 0.150. The van der Waals surface area contributed by atoms with Crippen molar-refractivity contribution in [1.29, 1.82) is 0 Å². The van der Waals surface area contributed by atoms with Crippen LogP contribution in [0.5, 0.6) is 0 Å². The molecule has 0 saturated carbocycles. The Morgan fingerprint density at radius 2 is 0.967 bits per heavy atom. The van der Waals surface area contributed by atoms with Crippen LogP contribution in [0.3, 0.4) is 0 Å². The number of fused-ring (bicyclic) bond motifs is 2. The normalized spacial score (nSPS) is 11.2. The van der Waals surface area contributed by atoms with Crippen molar-refractivity contribution < 1.29 is 0 Å². The smallest absolute Gasteiger partial charge is 0.266 e. The molecule has 0 N–H and O–H groups in total. The van der Waals surface area contributed by atoms with Crippen LogP contribution >= 0.6 is 23.9 Å². The fraction of sp³-hybridized carbons (Fsp3) is 0. The average molecular weight is 431 g/mol. The molecule has 0 aliphatic heterocycles. The number of benzene rings is 3. The van der Waals surface area contributed by atoms with Gasteiger partial charge in [0.1, 0.15) is 0 Å². The quantitative estimate of drug-likeness (QED) is 0.425. The monoisotopic (exact) mass is 430 g/mol. The molecule has 2 heterocycles. The Morgan fingerprint density at radius 3 is 1.40 bits per heavy atom. The molecule has 0 spiro atoms. The molecule has 0 saturated heterocycles. The SMILES string of the molecule is O=c1c2ccccc2cnn1Sc1ccc(Sn2ncc3ccccc3c2=O)cc1. The minimum atomic E-state index is -0.150. The lowest BCUT2D eigenvalue weighted by Gasteiger charge is -2.07. The Balaban J connectivity index is 1.39. The Bertz CT molecular complexity index is 1380. The summed E-state index contributed by atoms with van der Waals surface area (Å²) in [5.41, 5.74) is -0.299. The maximum atomic E-state index is 12.6. The van der Waals surface area contributed by atoms with Gasteiger partial charge in [-0.2, -0.15) is 18.4 Å². The summed E-state index contributed by atoms with van der Waals surface area (Å²) in [6.07, 6.45) is 3.37. The fourth-order valence-corrected chi connectivity index (χ4v) is 4.51. The van der Waals surface area contributed by atoms with Crippen LogP contribution in [0.25, 0.3) is 21.5 Å². The molecule has 5 rings (SSSR count). The zero-order valence-corrected chi connectivity index (χ0v) is 17.1. The lowest BCUT2D eigenvalue weighted by atomic mass is 10.2. The van der Waals surface area contributed by atoms with Crippen LogP contribution in [-0.2, 0) is 0 Å². The van der Waals surface area contributed by atoms with E-state index in [9.17, 15) is 9.59 Å². The average Bonchev–Trinajstić information content (AvgIpc) is 2.79. The second kappa shape index (κ2) is 7.81. The highest BCUT2D eigenvalue weighted by atomic mass is 32.2. The highest BCUT2D eigenvalue weighted by Gasteiger charge is 2.08. The molecule has 5 aromatic rings. The first-order valence-corrected chi connectivity index (χ1v) is 10.6. The van der Waals surface area contributed by atoms with Crippen molar-refractivity contribution in [1.82, 2.24) is 18.4 Å². The van der Waals surface area contributed by atoms with Gasteiger partial charge >= 0.3 is 0 Å². The van der Waals surface area contributed by atoms with Crippen molar-refractivity contribution in [3.05, 3.63) is 106 Å². The molecule has 0 fully saturated rings. The van der Waals surface area contributed by atoms with Gasteiger partial charge in [0.25, 0.3) is 11.1 Å². The van der Waals surface area contributed by atoms with Gasteiger partial charge in [-0.25, -0.2) is 0 Å². The van der Waals surface area contributed by atoms with Gasteiger partial charge in [0, 0.05) is 44.5 Å². The van der Waals surface area contributed by atoms with E-state index in [4.69, 9.17) is 0 Å². The van der Waals surface area contributed by atoms with E-state index in [1.165, 1.54) is 32.1 Å². The van der Waals surface area contributed by atoms with Crippen molar-refractivity contribution in [2.75, 3.05) is 0 Å². The van der Waals surface area contributed by atoms with Crippen molar-refractivity contribution >= 4 is 45.4 Å². The molecule has 0 bridgehead atoms. The van der Waals surface area contributed by atoms with Crippen molar-refractivity contribution in [2.45, 2.75) is 9.79 Å². The lowest BCUT2D eigenvalue weighted by molar-refractivity contribution is 0.932. The minimum Gasteiger partial charge on any atom is -0.266 e. The molecule has 30 heavy (non-hydrogen) atoms. The number of nitrogens with zero attached hydrogens (tertiary/aromatic N) is 4. The number of aromatic nitrogens is 4. The topological polar surface area (TPSA) is 69.8 Å². The van der Waals surface area contributed by atoms with Gasteiger partial charge in [0.05, 0.1) is 23.2 Å². The summed E-state index contributed by atoms with van der Waals surface area (Å²) < 4.78 is 2.75. The largest absolute Gasteiger partial charge is 0.285 e. The molecule has 3 aromatic carbocycles. The maximum absolute atomic E-state index is 12.6. The van der Waals surface area contributed by atoms with E-state index in [0.717, 1.165) is 20.6 Å². The molecule has 0 amide bonds. The van der Waals surface area contributed by atoms with Crippen LogP contribution in [0.15, 0.2) is 105 Å². The number of rotatable bonds is 4. The Labute approximate surface area is 179 Å². The second-order valence-electron chi connectivity index (χ2n) is 6.47. The second-order valence-corrected chi connectivity index (χ2v) is 8.47. The molecule has 146 valence electrons. The number of hydrogen-bond acceptors (Lipinski definition) is 6. The molecule has 0 aliphatic carbocycles. The van der Waals surface area contributed by atoms with E-state index in [0.29, 0.717) is 10.8 Å². The summed E-state index contributed by atoms with van der Waals surface area (Å²) in [6.45, 7) is 0. The Kier molecular flexibility index (Phi) is 4.86. The Hall–Kier alpha value is -3.36. The zero-order valence-electron chi connectivity index (χ0n) is 15.5. The van der Waals surface area contributed by atoms with Crippen molar-refractivity contribution in [3.63, 3.8) is 0 Å². The first-order valence-electron chi connectivity index (χ1n) is 9.10. The van der Waals surface area contributed by atoms with Crippen LogP contribution < -0.4 is 11.1 Å². The zero-order chi connectivity index (χ0) is 20.5. The summed E-state index contributed by atoms with van der Waals surface area (Å²) in [5, 5.41) is 11.4. The van der Waals surface area contributed by atoms with Crippen molar-refractivity contribution in [2.24, 2.45) is 0 Å². The standard InChI is InChI=1S/C22H14N4O2S2/c27-21-19-7-3-1-5-15(19)13-23-25(21)29-17-9-11-18(12-10-17)30-26-22(28)20-8-4-2-6-16(20)14-24-26/h1-14H. The summed E-state index contributed by atoms with van der Waals surface area (Å²) >= 11 is 2.50. The van der Waals surface area contributed by atoms with Crippen LogP contribution in [-0.4, -0.2) is 18.4 Å². The van der Waals surface area contributed by atoms with E-state index < -0.39 is 0 Å². The lowest BCUT2D eigenvalue weighted by Crippen LogP contribution is -2.17. The predicted molar refractivity (Wildman–Crippen MR) is 121 cm³/mol. The van der Waals surface area contributed by atoms with Crippen LogP contribution in [0.1, 0.15) is 0 Å². The van der Waals surface area contributed by atoms with Gasteiger partial charge < -0.3 is 0 Å². The molecular weight excluding hydrogens is 416 g/mol. The first kappa shape index (κ1) is 18.7. The first-order chi connectivity index (χ1) is 14.7. The molecular formula is C22H14N4O2S2. The highest BCUT2D eigenvalue weighted by Crippen LogP contribution is 2.24. The summed E-state index contributed by atoms with van der Waals surface area (Å²) in [6, 6.07) is 22.3. The summed E-state index contributed by atoms with van der Waals surface area (Å²) in [5.74, 6) is 0. The summed E-state index contributed by atoms with van der Waals surface area (Å²) in [7, 11) is 0. The predicted octanol–water partition coefficient (Wildman–Crippen LogP) is 4.22. The van der Waals surface area contributed by atoms with Crippen molar-refractivity contribution in [3.8, 4) is 0 Å². The third kappa shape index (κ3) is 3.51. The van der Waals surface area contributed by atoms with Gasteiger partial charge in [0.15, 0.2) is 0 Å². The van der Waals surface area contributed by atoms with Gasteiger partial charge in [-0.05, 0) is 36.4 Å². The molecule has 8 heteroatoms. The van der Waals surface area contributed by atoms with Crippen LogP contribution in [0, 0.1) is 0 Å². The molecule has 0 atom stereocenters. The van der Waals surface area contributed by atoms with E-state index in [1.807, 2.05) is 60.7 Å². The Morgan fingerprint density at radius 1 is 0.567 bits per heavy atom. The third-order valence-electron chi connectivity index (χ3n) is 4.54. The highest BCUT2D eigenvalue weighted by molar-refractivity contribution is 7.98. The van der Waals surface area contributed by atoms with Crippen LogP contribution in [0.4, 0.5) is 0 Å². The molecule has 0 radical (unpaired) electrons. The van der Waals surface area contributed by atoms with Gasteiger partial charge in [0.2, 0.25) is 0 Å². The molecule has 0 aliphatic rings. The fourth-order valence-electron chi connectivity index (χ4n) is 3.04.